The van der Waals surface area contributed by atoms with Crippen LogP contribution < -0.4 is 5.32 Å². The molecule has 1 heterocycles. The van der Waals surface area contributed by atoms with Crippen molar-refractivity contribution in [3.05, 3.63) is 35.4 Å². The van der Waals surface area contributed by atoms with E-state index in [-0.39, 0.29) is 23.7 Å². The lowest BCUT2D eigenvalue weighted by molar-refractivity contribution is -0.121. The maximum atomic E-state index is 12.1. The van der Waals surface area contributed by atoms with Crippen LogP contribution in [0, 0.1) is 0 Å². The lowest BCUT2D eigenvalue weighted by atomic mass is 10.0. The zero-order valence-corrected chi connectivity index (χ0v) is 14.9. The molecule has 0 spiro atoms. The molecule has 1 atom stereocenters. The molecular weight excluding hydrogens is 310 g/mol. The van der Waals surface area contributed by atoms with Crippen molar-refractivity contribution in [1.82, 2.24) is 15.1 Å². The van der Waals surface area contributed by atoms with Gasteiger partial charge in [-0.2, -0.15) is 0 Å². The summed E-state index contributed by atoms with van der Waals surface area (Å²) in [6.45, 7) is 3.48. The maximum Gasteiger partial charge on any atom is 0.282 e. The molecule has 1 unspecified atom stereocenters. The Hall–Kier alpha value is -1.53. The Labute approximate surface area is 142 Å². The first-order valence-electron chi connectivity index (χ1n) is 7.95. The average molecular weight is 335 g/mol. The number of carbonyl (C=O) groups excluding carboxylic acids is 2. The predicted octanol–water partition coefficient (Wildman–Crippen LogP) is 2.14. The van der Waals surface area contributed by atoms with Crippen molar-refractivity contribution < 1.29 is 9.59 Å². The second-order valence-electron chi connectivity index (χ2n) is 5.91. The number of likely N-dealkylation sites (N-methyl/N-ethyl adjacent to an activating group) is 1. The highest BCUT2D eigenvalue weighted by Crippen LogP contribution is 2.19. The minimum absolute atomic E-state index is 0.000496. The van der Waals surface area contributed by atoms with Crippen LogP contribution in [-0.2, 0) is 11.2 Å². The van der Waals surface area contributed by atoms with E-state index in [0.717, 1.165) is 12.2 Å². The van der Waals surface area contributed by atoms with Gasteiger partial charge in [-0.3, -0.25) is 9.59 Å². The second kappa shape index (κ2) is 8.36. The van der Waals surface area contributed by atoms with E-state index in [1.165, 1.54) is 22.9 Å². The van der Waals surface area contributed by atoms with Crippen molar-refractivity contribution in [3.63, 3.8) is 0 Å². The van der Waals surface area contributed by atoms with Crippen molar-refractivity contribution in [1.29, 1.82) is 0 Å². The van der Waals surface area contributed by atoms with Crippen molar-refractivity contribution in [3.8, 4) is 0 Å². The van der Waals surface area contributed by atoms with Gasteiger partial charge in [0.15, 0.2) is 0 Å². The van der Waals surface area contributed by atoms with E-state index < -0.39 is 0 Å². The topological polar surface area (TPSA) is 52.7 Å². The third-order valence-corrected chi connectivity index (χ3v) is 4.96. The zero-order chi connectivity index (χ0) is 16.8. The predicted molar refractivity (Wildman–Crippen MR) is 94.7 cm³/mol. The molecule has 1 saturated heterocycles. The van der Waals surface area contributed by atoms with Crippen LogP contribution in [0.4, 0.5) is 4.79 Å². The lowest BCUT2D eigenvalue weighted by Crippen LogP contribution is -2.40. The van der Waals surface area contributed by atoms with Crippen LogP contribution in [0.25, 0.3) is 0 Å². The largest absolute Gasteiger partial charge is 0.353 e. The molecule has 5 nitrogen and oxygen atoms in total. The third-order valence-electron chi connectivity index (χ3n) is 4.07. The molecule has 1 aromatic rings. The molecular formula is C17H25N3O2S. The van der Waals surface area contributed by atoms with Gasteiger partial charge in [-0.1, -0.05) is 43.0 Å². The Morgan fingerprint density at radius 3 is 2.57 bits per heavy atom. The van der Waals surface area contributed by atoms with Crippen LogP contribution in [0.3, 0.4) is 0 Å². The minimum Gasteiger partial charge on any atom is -0.353 e. The van der Waals surface area contributed by atoms with Crippen molar-refractivity contribution >= 4 is 22.9 Å². The molecule has 0 aromatic heterocycles. The highest BCUT2D eigenvalue weighted by molar-refractivity contribution is 8.13. The molecule has 0 bridgehead atoms. The average Bonchev–Trinajstić information content (AvgIpc) is 2.93. The van der Waals surface area contributed by atoms with E-state index in [2.05, 4.69) is 41.4 Å². The first-order valence-corrected chi connectivity index (χ1v) is 8.93. The monoisotopic (exact) mass is 335 g/mol. The van der Waals surface area contributed by atoms with E-state index >= 15 is 0 Å². The van der Waals surface area contributed by atoms with Gasteiger partial charge >= 0.3 is 0 Å². The molecule has 1 fully saturated rings. The van der Waals surface area contributed by atoms with Crippen molar-refractivity contribution in [2.24, 2.45) is 0 Å². The molecule has 0 aliphatic carbocycles. The number of amides is 2. The molecule has 23 heavy (non-hydrogen) atoms. The fourth-order valence-electron chi connectivity index (χ4n) is 2.58. The molecule has 2 amide bonds. The molecule has 0 radical (unpaired) electrons. The van der Waals surface area contributed by atoms with Crippen LogP contribution in [0.2, 0.25) is 0 Å². The minimum atomic E-state index is -0.0992. The first-order chi connectivity index (χ1) is 11.0. The van der Waals surface area contributed by atoms with Crippen LogP contribution in [0.15, 0.2) is 24.3 Å². The van der Waals surface area contributed by atoms with Crippen molar-refractivity contribution in [2.45, 2.75) is 19.4 Å². The molecule has 126 valence electrons. The summed E-state index contributed by atoms with van der Waals surface area (Å²) in [4.78, 5) is 27.3. The Kier molecular flexibility index (Phi) is 6.47. The van der Waals surface area contributed by atoms with Gasteiger partial charge in [0.05, 0.1) is 6.04 Å². The molecule has 1 N–H and O–H groups in total. The first kappa shape index (κ1) is 17.8. The van der Waals surface area contributed by atoms with Crippen molar-refractivity contribution in [2.75, 3.05) is 39.5 Å². The number of carbonyl (C=O) groups is 2. The number of nitrogens with zero attached hydrogens (tertiary/aromatic N) is 2. The number of aryl methyl sites for hydroxylation is 1. The number of rotatable bonds is 7. The number of benzene rings is 1. The van der Waals surface area contributed by atoms with Gasteiger partial charge in [-0.25, -0.2) is 0 Å². The fourth-order valence-corrected chi connectivity index (χ4v) is 3.41. The quantitative estimate of drug-likeness (QED) is 0.829. The Morgan fingerprint density at radius 1 is 1.35 bits per heavy atom. The fraction of sp³-hybridized carbons (Fsp3) is 0.529. The maximum absolute atomic E-state index is 12.1. The van der Waals surface area contributed by atoms with Crippen LogP contribution in [0.1, 0.15) is 24.1 Å². The number of nitrogens with one attached hydrogen (secondary N) is 1. The van der Waals surface area contributed by atoms with Gasteiger partial charge in [0.2, 0.25) is 5.91 Å². The van der Waals surface area contributed by atoms with Gasteiger partial charge in [-0.05, 0) is 31.6 Å². The standard InChI is InChI=1S/C17H25N3O2S/c1-4-13-5-7-14(8-6-13)15(19(2)3)11-18-16(21)12-20-9-10-23-17(20)22/h5-8,15H,4,9-12H2,1-3H3,(H,18,21). The molecule has 1 aliphatic rings. The Bertz CT molecular complexity index is 545. The molecule has 0 saturated carbocycles. The van der Waals surface area contributed by atoms with E-state index in [0.29, 0.717) is 13.1 Å². The molecule has 6 heteroatoms. The SMILES string of the molecule is CCc1ccc(C(CNC(=O)CN2CCSC2=O)N(C)C)cc1. The summed E-state index contributed by atoms with van der Waals surface area (Å²) in [7, 11) is 4.01. The second-order valence-corrected chi connectivity index (χ2v) is 6.96. The van der Waals surface area contributed by atoms with E-state index in [9.17, 15) is 9.59 Å². The van der Waals surface area contributed by atoms with Crippen LogP contribution in [0.5, 0.6) is 0 Å². The number of hydrogen-bond acceptors (Lipinski definition) is 4. The molecule has 1 aliphatic heterocycles. The van der Waals surface area contributed by atoms with Crippen LogP contribution in [-0.4, -0.2) is 60.4 Å². The van der Waals surface area contributed by atoms with Gasteiger partial charge < -0.3 is 15.1 Å². The number of thioether (sulfide) groups is 1. The van der Waals surface area contributed by atoms with E-state index in [4.69, 9.17) is 0 Å². The normalized spacial score (nSPS) is 16.0. The number of hydrogen-bond donors (Lipinski definition) is 1. The lowest BCUT2D eigenvalue weighted by Gasteiger charge is -2.26. The smallest absolute Gasteiger partial charge is 0.282 e. The summed E-state index contributed by atoms with van der Waals surface area (Å²) in [6.07, 6.45) is 1.02. The third kappa shape index (κ3) is 4.97. The summed E-state index contributed by atoms with van der Waals surface area (Å²) < 4.78 is 0. The summed E-state index contributed by atoms with van der Waals surface area (Å²) in [5, 5.41) is 2.95. The van der Waals surface area contributed by atoms with Gasteiger partial charge in [0.25, 0.3) is 5.24 Å². The van der Waals surface area contributed by atoms with Gasteiger partial charge in [0, 0.05) is 18.8 Å². The summed E-state index contributed by atoms with van der Waals surface area (Å²) >= 11 is 1.28. The summed E-state index contributed by atoms with van der Waals surface area (Å²) in [5.74, 6) is 0.675. The molecule has 2 rings (SSSR count). The highest BCUT2D eigenvalue weighted by atomic mass is 32.2. The van der Waals surface area contributed by atoms with Gasteiger partial charge in [-0.15, -0.1) is 0 Å². The Morgan fingerprint density at radius 2 is 2.04 bits per heavy atom. The van der Waals surface area contributed by atoms with E-state index in [1.807, 2.05) is 14.1 Å². The van der Waals surface area contributed by atoms with Gasteiger partial charge in [0.1, 0.15) is 6.54 Å². The summed E-state index contributed by atoms with van der Waals surface area (Å²) in [5.41, 5.74) is 2.49. The van der Waals surface area contributed by atoms with E-state index in [1.54, 1.807) is 4.90 Å². The zero-order valence-electron chi connectivity index (χ0n) is 14.0. The highest BCUT2D eigenvalue weighted by Gasteiger charge is 2.23. The van der Waals surface area contributed by atoms with Crippen LogP contribution >= 0.6 is 11.8 Å². The Balaban J connectivity index is 1.91. The molecule has 1 aromatic carbocycles. The summed E-state index contributed by atoms with van der Waals surface area (Å²) in [6, 6.07) is 8.63.